The van der Waals surface area contributed by atoms with E-state index in [0.29, 0.717) is 6.54 Å². The van der Waals surface area contributed by atoms with Gasteiger partial charge in [0.2, 0.25) is 11.8 Å². The molecule has 0 radical (unpaired) electrons. The lowest BCUT2D eigenvalue weighted by Crippen LogP contribution is -2.62. The Labute approximate surface area is 124 Å². The van der Waals surface area contributed by atoms with Gasteiger partial charge in [0.15, 0.2) is 0 Å². The predicted octanol–water partition coefficient (Wildman–Crippen LogP) is 0.257. The number of piperazine rings is 1. The maximum Gasteiger partial charge on any atom is 0.246 e. The standard InChI is InChI=1S/C14H23N3O2S/c1-11-13(18)17-4-2-3-12(17)14(19)16(11)6-5-15-7-9-20-10-8-15/h11-12H,2-10H2,1H3. The molecule has 0 aromatic carbocycles. The van der Waals surface area contributed by atoms with Crippen molar-refractivity contribution in [3.63, 3.8) is 0 Å². The van der Waals surface area contributed by atoms with Crippen LogP contribution in [-0.2, 0) is 9.59 Å². The van der Waals surface area contributed by atoms with Crippen LogP contribution in [0.25, 0.3) is 0 Å². The number of carbonyl (C=O) groups is 2. The van der Waals surface area contributed by atoms with E-state index in [0.717, 1.165) is 39.0 Å². The third kappa shape index (κ3) is 2.55. The summed E-state index contributed by atoms with van der Waals surface area (Å²) in [5.41, 5.74) is 0. The van der Waals surface area contributed by atoms with E-state index in [1.807, 2.05) is 23.6 Å². The van der Waals surface area contributed by atoms with Gasteiger partial charge in [-0.25, -0.2) is 0 Å². The molecule has 3 aliphatic rings. The van der Waals surface area contributed by atoms with Gasteiger partial charge in [-0.3, -0.25) is 14.5 Å². The molecule has 3 aliphatic heterocycles. The molecule has 0 aromatic rings. The van der Waals surface area contributed by atoms with Crippen molar-refractivity contribution in [1.82, 2.24) is 14.7 Å². The van der Waals surface area contributed by atoms with Crippen LogP contribution in [0, 0.1) is 0 Å². The number of hydrogen-bond acceptors (Lipinski definition) is 4. The van der Waals surface area contributed by atoms with Crippen molar-refractivity contribution in [2.24, 2.45) is 0 Å². The fourth-order valence-electron chi connectivity index (χ4n) is 3.42. The quantitative estimate of drug-likeness (QED) is 0.749. The van der Waals surface area contributed by atoms with Gasteiger partial charge >= 0.3 is 0 Å². The predicted molar refractivity (Wildman–Crippen MR) is 79.7 cm³/mol. The van der Waals surface area contributed by atoms with Crippen LogP contribution in [-0.4, -0.2) is 82.8 Å². The van der Waals surface area contributed by atoms with Crippen molar-refractivity contribution in [3.05, 3.63) is 0 Å². The Morgan fingerprint density at radius 2 is 1.85 bits per heavy atom. The first kappa shape index (κ1) is 14.2. The van der Waals surface area contributed by atoms with Gasteiger partial charge < -0.3 is 9.80 Å². The Kier molecular flexibility index (Phi) is 4.21. The van der Waals surface area contributed by atoms with Crippen molar-refractivity contribution >= 4 is 23.6 Å². The van der Waals surface area contributed by atoms with Crippen LogP contribution in [0.4, 0.5) is 0 Å². The molecule has 0 aromatic heterocycles. The topological polar surface area (TPSA) is 43.9 Å². The molecule has 112 valence electrons. The molecule has 3 rings (SSSR count). The summed E-state index contributed by atoms with van der Waals surface area (Å²) in [5.74, 6) is 2.67. The average molecular weight is 297 g/mol. The molecule has 6 heteroatoms. The molecule has 0 aliphatic carbocycles. The van der Waals surface area contributed by atoms with Gasteiger partial charge in [0, 0.05) is 44.2 Å². The third-order valence-electron chi connectivity index (χ3n) is 4.69. The molecule has 3 heterocycles. The third-order valence-corrected chi connectivity index (χ3v) is 5.63. The van der Waals surface area contributed by atoms with Crippen molar-refractivity contribution < 1.29 is 9.59 Å². The van der Waals surface area contributed by atoms with E-state index in [1.54, 1.807) is 4.90 Å². The Hall–Kier alpha value is -0.750. The molecule has 2 atom stereocenters. The molecule has 0 spiro atoms. The maximum atomic E-state index is 12.5. The second kappa shape index (κ2) is 5.93. The molecule has 0 N–H and O–H groups in total. The van der Waals surface area contributed by atoms with E-state index < -0.39 is 0 Å². The van der Waals surface area contributed by atoms with Gasteiger partial charge in [0.1, 0.15) is 12.1 Å². The lowest BCUT2D eigenvalue weighted by molar-refractivity contribution is -0.158. The Morgan fingerprint density at radius 3 is 2.60 bits per heavy atom. The monoisotopic (exact) mass is 297 g/mol. The number of hydrogen-bond donors (Lipinski definition) is 0. The summed E-state index contributed by atoms with van der Waals surface area (Å²) < 4.78 is 0. The largest absolute Gasteiger partial charge is 0.329 e. The molecular weight excluding hydrogens is 274 g/mol. The molecule has 5 nitrogen and oxygen atoms in total. The van der Waals surface area contributed by atoms with E-state index in [-0.39, 0.29) is 23.9 Å². The summed E-state index contributed by atoms with van der Waals surface area (Å²) in [6.45, 7) is 6.43. The second-order valence-corrected chi connectivity index (χ2v) is 7.08. The van der Waals surface area contributed by atoms with Crippen molar-refractivity contribution in [2.75, 3.05) is 44.2 Å². The second-order valence-electron chi connectivity index (χ2n) is 5.85. The molecule has 0 bridgehead atoms. The van der Waals surface area contributed by atoms with Crippen molar-refractivity contribution in [1.29, 1.82) is 0 Å². The first-order valence-corrected chi connectivity index (χ1v) is 8.75. The lowest BCUT2D eigenvalue weighted by atomic mass is 10.1. The molecule has 2 amide bonds. The number of amides is 2. The highest BCUT2D eigenvalue weighted by Gasteiger charge is 2.45. The highest BCUT2D eigenvalue weighted by atomic mass is 32.2. The van der Waals surface area contributed by atoms with Gasteiger partial charge in [0.05, 0.1) is 0 Å². The van der Waals surface area contributed by atoms with Crippen molar-refractivity contribution in [3.8, 4) is 0 Å². The normalized spacial score (nSPS) is 31.9. The van der Waals surface area contributed by atoms with Gasteiger partial charge in [-0.2, -0.15) is 11.8 Å². The number of fused-ring (bicyclic) bond motifs is 1. The molecule has 3 fully saturated rings. The zero-order valence-electron chi connectivity index (χ0n) is 12.1. The summed E-state index contributed by atoms with van der Waals surface area (Å²) in [6, 6.07) is -0.452. The lowest BCUT2D eigenvalue weighted by Gasteiger charge is -2.41. The number of thioether (sulfide) groups is 1. The van der Waals surface area contributed by atoms with Crippen LogP contribution in [0.1, 0.15) is 19.8 Å². The summed E-state index contributed by atoms with van der Waals surface area (Å²) in [5, 5.41) is 0. The fourth-order valence-corrected chi connectivity index (χ4v) is 4.40. The first-order chi connectivity index (χ1) is 9.68. The Bertz CT molecular complexity index is 398. The highest BCUT2D eigenvalue weighted by Crippen LogP contribution is 2.26. The zero-order valence-corrected chi connectivity index (χ0v) is 12.9. The molecule has 3 saturated heterocycles. The average Bonchev–Trinajstić information content (AvgIpc) is 2.96. The van der Waals surface area contributed by atoms with Crippen LogP contribution in [0.2, 0.25) is 0 Å². The summed E-state index contributed by atoms with van der Waals surface area (Å²) >= 11 is 1.99. The molecular formula is C14H23N3O2S. The van der Waals surface area contributed by atoms with E-state index in [9.17, 15) is 9.59 Å². The van der Waals surface area contributed by atoms with Crippen LogP contribution < -0.4 is 0 Å². The summed E-state index contributed by atoms with van der Waals surface area (Å²) in [7, 11) is 0. The smallest absolute Gasteiger partial charge is 0.246 e. The molecule has 2 unspecified atom stereocenters. The Balaban J connectivity index is 1.62. The van der Waals surface area contributed by atoms with E-state index >= 15 is 0 Å². The number of rotatable bonds is 3. The maximum absolute atomic E-state index is 12.5. The van der Waals surface area contributed by atoms with Gasteiger partial charge in [-0.1, -0.05) is 0 Å². The minimum Gasteiger partial charge on any atom is -0.329 e. The SMILES string of the molecule is CC1C(=O)N2CCCC2C(=O)N1CCN1CCSCC1. The minimum absolute atomic E-state index is 0.140. The van der Waals surface area contributed by atoms with Crippen molar-refractivity contribution in [2.45, 2.75) is 31.8 Å². The van der Waals surface area contributed by atoms with Crippen LogP contribution in [0.5, 0.6) is 0 Å². The molecule has 20 heavy (non-hydrogen) atoms. The van der Waals surface area contributed by atoms with Gasteiger partial charge in [-0.15, -0.1) is 0 Å². The molecule has 0 saturated carbocycles. The van der Waals surface area contributed by atoms with Gasteiger partial charge in [0.25, 0.3) is 0 Å². The zero-order chi connectivity index (χ0) is 14.1. The van der Waals surface area contributed by atoms with Crippen LogP contribution >= 0.6 is 11.8 Å². The minimum atomic E-state index is -0.281. The highest BCUT2D eigenvalue weighted by molar-refractivity contribution is 7.99. The summed E-state index contributed by atoms with van der Waals surface area (Å²) in [6.07, 6.45) is 1.81. The Morgan fingerprint density at radius 1 is 1.10 bits per heavy atom. The van der Waals surface area contributed by atoms with E-state index in [1.165, 1.54) is 11.5 Å². The van der Waals surface area contributed by atoms with Crippen LogP contribution in [0.3, 0.4) is 0 Å². The first-order valence-electron chi connectivity index (χ1n) is 7.59. The number of nitrogens with zero attached hydrogens (tertiary/aromatic N) is 3. The summed E-state index contributed by atoms with van der Waals surface area (Å²) in [4.78, 5) is 30.9. The number of carbonyl (C=O) groups excluding carboxylic acids is 2. The van der Waals surface area contributed by atoms with E-state index in [4.69, 9.17) is 0 Å². The van der Waals surface area contributed by atoms with Gasteiger partial charge in [-0.05, 0) is 19.8 Å². The van der Waals surface area contributed by atoms with E-state index in [2.05, 4.69) is 4.90 Å². The van der Waals surface area contributed by atoms with Crippen LogP contribution in [0.15, 0.2) is 0 Å². The fraction of sp³-hybridized carbons (Fsp3) is 0.857.